The van der Waals surface area contributed by atoms with Gasteiger partial charge >= 0.3 is 6.09 Å². The van der Waals surface area contributed by atoms with Crippen LogP contribution in [0.15, 0.2) is 67.1 Å². The standard InChI is InChI=1S/C29H21ClFN7O3/c30-25-24(21-11-38-12-22(35-14-39)36-23(38)10-34-21)19(9-32)27(33)28(26(25)31)37-29(40)41-13-20-17-7-3-1-5-15(17)16-6-2-4-8-18(16)20/h1-12,14,20,32H,13,33H2,(H,35,39)(H,37,40). The van der Waals surface area contributed by atoms with Gasteiger partial charge in [-0.1, -0.05) is 60.1 Å². The average Bonchev–Trinajstić information content (AvgIpc) is 3.54. The van der Waals surface area contributed by atoms with E-state index in [4.69, 9.17) is 27.5 Å². The van der Waals surface area contributed by atoms with E-state index in [0.717, 1.165) is 28.5 Å². The van der Waals surface area contributed by atoms with Gasteiger partial charge in [0.05, 0.1) is 28.8 Å². The van der Waals surface area contributed by atoms with E-state index in [-0.39, 0.29) is 40.9 Å². The van der Waals surface area contributed by atoms with Crippen LogP contribution in [0.4, 0.5) is 26.4 Å². The number of ether oxygens (including phenoxy) is 1. The molecule has 12 heteroatoms. The van der Waals surface area contributed by atoms with Crippen LogP contribution in [0.1, 0.15) is 22.6 Å². The van der Waals surface area contributed by atoms with Crippen LogP contribution in [0.5, 0.6) is 0 Å². The van der Waals surface area contributed by atoms with E-state index in [0.29, 0.717) is 12.1 Å². The highest BCUT2D eigenvalue weighted by Gasteiger charge is 2.30. The summed E-state index contributed by atoms with van der Waals surface area (Å²) in [6, 6.07) is 15.8. The van der Waals surface area contributed by atoms with Gasteiger partial charge in [-0.15, -0.1) is 0 Å². The molecule has 1 aliphatic rings. The van der Waals surface area contributed by atoms with E-state index in [1.54, 1.807) is 4.40 Å². The topological polar surface area (TPSA) is 147 Å². The van der Waals surface area contributed by atoms with Gasteiger partial charge in [-0.3, -0.25) is 15.1 Å². The fourth-order valence-electron chi connectivity index (χ4n) is 5.14. The minimum atomic E-state index is -1.01. The molecule has 1 aliphatic carbocycles. The molecule has 0 fully saturated rings. The molecular weight excluding hydrogens is 549 g/mol. The molecule has 2 aromatic heterocycles. The Bertz CT molecular complexity index is 1830. The highest BCUT2D eigenvalue weighted by Crippen LogP contribution is 2.45. The molecule has 0 saturated heterocycles. The van der Waals surface area contributed by atoms with Crippen LogP contribution in [-0.2, 0) is 9.53 Å². The number of halogens is 2. The summed E-state index contributed by atoms with van der Waals surface area (Å²) < 4.78 is 22.7. The molecule has 2 amide bonds. The van der Waals surface area contributed by atoms with Crippen LogP contribution in [0.25, 0.3) is 28.0 Å². The summed E-state index contributed by atoms with van der Waals surface area (Å²) in [5, 5.41) is 12.4. The summed E-state index contributed by atoms with van der Waals surface area (Å²) in [5.41, 5.74) is 10.5. The van der Waals surface area contributed by atoms with E-state index in [1.165, 1.54) is 18.6 Å². The Morgan fingerprint density at radius 2 is 1.83 bits per heavy atom. The lowest BCUT2D eigenvalue weighted by Crippen LogP contribution is -2.20. The molecule has 0 unspecified atom stereocenters. The average molecular weight is 570 g/mol. The molecule has 0 spiro atoms. The number of nitrogens with zero attached hydrogens (tertiary/aromatic N) is 3. The van der Waals surface area contributed by atoms with E-state index in [1.807, 2.05) is 48.5 Å². The van der Waals surface area contributed by atoms with Gasteiger partial charge in [0.2, 0.25) is 6.41 Å². The van der Waals surface area contributed by atoms with Crippen LogP contribution in [0.3, 0.4) is 0 Å². The van der Waals surface area contributed by atoms with Gasteiger partial charge in [0.15, 0.2) is 17.3 Å². The number of benzene rings is 3. The Hall–Kier alpha value is -5.29. The zero-order valence-corrected chi connectivity index (χ0v) is 21.9. The molecule has 41 heavy (non-hydrogen) atoms. The number of nitrogen functional groups attached to an aromatic ring is 1. The van der Waals surface area contributed by atoms with E-state index in [2.05, 4.69) is 20.6 Å². The Labute approximate surface area is 237 Å². The number of anilines is 3. The molecule has 0 saturated carbocycles. The predicted molar refractivity (Wildman–Crippen MR) is 154 cm³/mol. The van der Waals surface area contributed by atoms with Gasteiger partial charge in [-0.25, -0.2) is 14.2 Å². The molecule has 0 aliphatic heterocycles. The third-order valence-electron chi connectivity index (χ3n) is 6.98. The SMILES string of the molecule is N=Cc1c(N)c(NC(=O)OCC2c3ccccc3-c3ccccc32)c(F)c(Cl)c1-c1cn2cc(NC=O)nc2cn1. The van der Waals surface area contributed by atoms with Crippen molar-refractivity contribution in [1.29, 1.82) is 5.41 Å². The molecule has 2 heterocycles. The van der Waals surface area contributed by atoms with Crippen LogP contribution in [-0.4, -0.2) is 39.7 Å². The van der Waals surface area contributed by atoms with Crippen molar-refractivity contribution >= 4 is 53.2 Å². The third-order valence-corrected chi connectivity index (χ3v) is 7.33. The third kappa shape index (κ3) is 4.42. The highest BCUT2D eigenvalue weighted by molar-refractivity contribution is 6.35. The molecule has 0 bridgehead atoms. The number of nitrogens with one attached hydrogen (secondary N) is 3. The van der Waals surface area contributed by atoms with E-state index >= 15 is 4.39 Å². The lowest BCUT2D eigenvalue weighted by atomic mass is 9.98. The van der Waals surface area contributed by atoms with E-state index in [9.17, 15) is 9.59 Å². The molecule has 3 aromatic carbocycles. The van der Waals surface area contributed by atoms with Gasteiger partial charge in [0.25, 0.3) is 0 Å². The molecule has 5 aromatic rings. The van der Waals surface area contributed by atoms with Crippen molar-refractivity contribution in [1.82, 2.24) is 14.4 Å². The maximum atomic E-state index is 15.6. The first-order chi connectivity index (χ1) is 19.9. The molecular formula is C29H21ClFN7O3. The summed E-state index contributed by atoms with van der Waals surface area (Å²) >= 11 is 6.42. The van der Waals surface area contributed by atoms with Crippen molar-refractivity contribution < 1.29 is 18.7 Å². The van der Waals surface area contributed by atoms with Gasteiger partial charge in [0.1, 0.15) is 12.3 Å². The van der Waals surface area contributed by atoms with E-state index < -0.39 is 22.6 Å². The number of hydrogen-bond acceptors (Lipinski definition) is 7. The summed E-state index contributed by atoms with van der Waals surface area (Å²) in [5.74, 6) is -0.912. The van der Waals surface area contributed by atoms with Crippen molar-refractivity contribution in [2.24, 2.45) is 0 Å². The maximum Gasteiger partial charge on any atom is 0.411 e. The van der Waals surface area contributed by atoms with Crippen LogP contribution in [0.2, 0.25) is 5.02 Å². The highest BCUT2D eigenvalue weighted by atomic mass is 35.5. The first-order valence-corrected chi connectivity index (χ1v) is 12.8. The van der Waals surface area contributed by atoms with Gasteiger partial charge < -0.3 is 25.6 Å². The Kier molecular flexibility index (Phi) is 6.56. The van der Waals surface area contributed by atoms with Gasteiger partial charge in [0, 0.05) is 29.5 Å². The van der Waals surface area contributed by atoms with Gasteiger partial charge in [-0.2, -0.15) is 0 Å². The van der Waals surface area contributed by atoms with Crippen molar-refractivity contribution in [3.8, 4) is 22.4 Å². The summed E-state index contributed by atoms with van der Waals surface area (Å²) in [6.45, 7) is 0.0143. The number of amides is 2. The van der Waals surface area contributed by atoms with Crippen LogP contribution in [0, 0.1) is 11.2 Å². The first-order valence-electron chi connectivity index (χ1n) is 12.4. The summed E-state index contributed by atoms with van der Waals surface area (Å²) in [4.78, 5) is 32.1. The Balaban J connectivity index is 1.28. The van der Waals surface area contributed by atoms with Crippen LogP contribution < -0.4 is 16.4 Å². The van der Waals surface area contributed by atoms with Crippen molar-refractivity contribution in [3.05, 3.63) is 94.7 Å². The molecule has 204 valence electrons. The number of fused-ring (bicyclic) bond motifs is 4. The molecule has 0 atom stereocenters. The lowest BCUT2D eigenvalue weighted by Gasteiger charge is -2.18. The number of carbonyl (C=O) groups is 2. The lowest BCUT2D eigenvalue weighted by molar-refractivity contribution is -0.105. The number of hydrogen-bond donors (Lipinski definition) is 4. The first kappa shape index (κ1) is 26.0. The van der Waals surface area contributed by atoms with Crippen LogP contribution >= 0.6 is 11.6 Å². The largest absolute Gasteiger partial charge is 0.448 e. The maximum absolute atomic E-state index is 15.6. The number of rotatable bonds is 7. The fourth-order valence-corrected chi connectivity index (χ4v) is 5.44. The minimum absolute atomic E-state index is 0.0143. The zero-order chi connectivity index (χ0) is 28.7. The quantitative estimate of drug-likeness (QED) is 0.112. The summed E-state index contributed by atoms with van der Waals surface area (Å²) in [7, 11) is 0. The van der Waals surface area contributed by atoms with Gasteiger partial charge in [-0.05, 0) is 22.3 Å². The Morgan fingerprint density at radius 1 is 1.15 bits per heavy atom. The smallest absolute Gasteiger partial charge is 0.411 e. The number of carbonyl (C=O) groups excluding carboxylic acids is 2. The normalized spacial score (nSPS) is 12.0. The number of nitrogens with two attached hydrogens (primary N) is 1. The van der Waals surface area contributed by atoms with Crippen molar-refractivity contribution in [2.75, 3.05) is 23.0 Å². The van der Waals surface area contributed by atoms with Crippen molar-refractivity contribution in [2.45, 2.75) is 5.92 Å². The van der Waals surface area contributed by atoms with Crippen molar-refractivity contribution in [3.63, 3.8) is 0 Å². The second-order valence-corrected chi connectivity index (χ2v) is 9.60. The summed E-state index contributed by atoms with van der Waals surface area (Å²) in [6.07, 6.45) is 4.89. The monoisotopic (exact) mass is 569 g/mol. The second-order valence-electron chi connectivity index (χ2n) is 9.23. The second kappa shape index (κ2) is 10.4. The predicted octanol–water partition coefficient (Wildman–Crippen LogP) is 5.70. The Morgan fingerprint density at radius 3 is 2.49 bits per heavy atom. The molecule has 10 nitrogen and oxygen atoms in total. The molecule has 0 radical (unpaired) electrons. The fraction of sp³-hybridized carbons (Fsp3) is 0.0690. The zero-order valence-electron chi connectivity index (χ0n) is 21.2. The molecule has 5 N–H and O–H groups in total. The number of imidazole rings is 1. The minimum Gasteiger partial charge on any atom is -0.448 e. The number of aromatic nitrogens is 3. The molecule has 6 rings (SSSR count).